The van der Waals surface area contributed by atoms with Crippen molar-refractivity contribution < 1.29 is 23.9 Å². The van der Waals surface area contributed by atoms with Crippen molar-refractivity contribution in [1.82, 2.24) is 15.5 Å². The van der Waals surface area contributed by atoms with Gasteiger partial charge in [-0.15, -0.1) is 0 Å². The number of amides is 4. The first kappa shape index (κ1) is 32.9. The van der Waals surface area contributed by atoms with Crippen LogP contribution in [0.4, 0.5) is 4.79 Å². The van der Waals surface area contributed by atoms with Crippen molar-refractivity contribution in [2.24, 2.45) is 5.73 Å². The van der Waals surface area contributed by atoms with Crippen molar-refractivity contribution in [2.45, 2.75) is 118 Å². The van der Waals surface area contributed by atoms with Crippen molar-refractivity contribution in [2.75, 3.05) is 6.54 Å². The molecule has 0 saturated heterocycles. The first-order valence-electron chi connectivity index (χ1n) is 13.5. The van der Waals surface area contributed by atoms with Crippen LogP contribution in [0.3, 0.4) is 0 Å². The number of carbonyl (C=O) groups is 4. The molecule has 0 aromatic heterocycles. The molecule has 0 radical (unpaired) electrons. The van der Waals surface area contributed by atoms with Crippen LogP contribution in [0.1, 0.15) is 103 Å². The molecular formula is C29H48N4O5. The quantitative estimate of drug-likeness (QED) is 0.323. The second-order valence-corrected chi connectivity index (χ2v) is 11.4. The van der Waals surface area contributed by atoms with Gasteiger partial charge in [-0.1, -0.05) is 38.5 Å². The topological polar surface area (TPSA) is 131 Å². The minimum Gasteiger partial charge on any atom is -0.444 e. The Morgan fingerprint density at radius 3 is 2.08 bits per heavy atom. The van der Waals surface area contributed by atoms with Crippen molar-refractivity contribution in [1.29, 1.82) is 0 Å². The number of alkyl carbamates (subject to hydrolysis) is 1. The van der Waals surface area contributed by atoms with Gasteiger partial charge in [0.1, 0.15) is 17.7 Å². The summed E-state index contributed by atoms with van der Waals surface area (Å²) in [5.41, 5.74) is 6.32. The normalized spacial score (nSPS) is 13.3. The number of nitrogens with one attached hydrogen (secondary N) is 2. The van der Waals surface area contributed by atoms with Gasteiger partial charge in [-0.25, -0.2) is 4.79 Å². The van der Waals surface area contributed by atoms with Crippen LogP contribution in [0.2, 0.25) is 0 Å². The average molecular weight is 533 g/mol. The number of unbranched alkanes of at least 4 members (excludes halogenated alkanes) is 1. The molecule has 0 bridgehead atoms. The Labute approximate surface area is 228 Å². The Bertz CT molecular complexity index is 963. The van der Waals surface area contributed by atoms with E-state index in [2.05, 4.69) is 10.6 Å². The lowest BCUT2D eigenvalue weighted by Crippen LogP contribution is -2.59. The Kier molecular flexibility index (Phi) is 12.3. The molecule has 0 heterocycles. The monoisotopic (exact) mass is 532 g/mol. The molecule has 0 spiro atoms. The number of carbonyl (C=O) groups excluding carboxylic acids is 4. The fourth-order valence-electron chi connectivity index (χ4n) is 4.23. The zero-order chi connectivity index (χ0) is 29.3. The molecule has 0 aliphatic heterocycles. The molecular weight excluding hydrogens is 484 g/mol. The van der Waals surface area contributed by atoms with Crippen molar-refractivity contribution in [3.63, 3.8) is 0 Å². The number of hydrogen-bond acceptors (Lipinski definition) is 5. The zero-order valence-electron chi connectivity index (χ0n) is 24.7. The molecule has 4 N–H and O–H groups in total. The number of aryl methyl sites for hydroxylation is 2. The summed E-state index contributed by atoms with van der Waals surface area (Å²) in [4.78, 5) is 54.1. The van der Waals surface area contributed by atoms with E-state index in [1.807, 2.05) is 59.7 Å². The third kappa shape index (κ3) is 9.65. The summed E-state index contributed by atoms with van der Waals surface area (Å²) in [5.74, 6) is -1.38. The standard InChI is InChI=1S/C29H48N4O5/c1-10-12-18-31-25(35)24(23-19(3)14-13-15-20(23)4)33(29(8,9)11-2)26(36)21(16-17-22(30)34)32-27(37)38-28(5,6)7/h13-15,21,24H,10-12,16-18H2,1-9H3,(H2,30,34)(H,31,35)(H,32,37). The lowest BCUT2D eigenvalue weighted by Gasteiger charge is -2.45. The highest BCUT2D eigenvalue weighted by atomic mass is 16.6. The maximum atomic E-state index is 14.4. The molecule has 214 valence electrons. The van der Waals surface area contributed by atoms with Crippen molar-refractivity contribution in [3.05, 3.63) is 34.9 Å². The molecule has 0 saturated carbocycles. The Morgan fingerprint density at radius 1 is 1.03 bits per heavy atom. The van der Waals surface area contributed by atoms with E-state index in [0.717, 1.165) is 29.5 Å². The number of nitrogens with zero attached hydrogens (tertiary/aromatic N) is 1. The highest BCUT2D eigenvalue weighted by Gasteiger charge is 2.44. The van der Waals surface area contributed by atoms with Crippen LogP contribution in [-0.2, 0) is 19.1 Å². The van der Waals surface area contributed by atoms with Crippen molar-refractivity contribution >= 4 is 23.8 Å². The van der Waals surface area contributed by atoms with Gasteiger partial charge in [0.25, 0.3) is 0 Å². The minimum atomic E-state index is -1.13. The molecule has 0 aliphatic carbocycles. The molecule has 0 fully saturated rings. The minimum absolute atomic E-state index is 0.0272. The smallest absolute Gasteiger partial charge is 0.408 e. The Morgan fingerprint density at radius 2 is 1.61 bits per heavy atom. The Hall–Kier alpha value is -3.10. The Balaban J connectivity index is 3.71. The molecule has 4 amide bonds. The second-order valence-electron chi connectivity index (χ2n) is 11.4. The van der Waals surface area contributed by atoms with E-state index >= 15 is 0 Å². The highest BCUT2D eigenvalue weighted by Crippen LogP contribution is 2.35. The van der Waals surface area contributed by atoms with Crippen LogP contribution in [-0.4, -0.2) is 52.4 Å². The van der Waals surface area contributed by atoms with Crippen LogP contribution < -0.4 is 16.4 Å². The second kappa shape index (κ2) is 14.2. The van der Waals surface area contributed by atoms with Gasteiger partial charge in [-0.05, 0) is 84.4 Å². The predicted molar refractivity (Wildman–Crippen MR) is 149 cm³/mol. The van der Waals surface area contributed by atoms with Gasteiger partial charge in [-0.3, -0.25) is 14.4 Å². The summed E-state index contributed by atoms with van der Waals surface area (Å²) in [6.07, 6.45) is 1.32. The zero-order valence-corrected chi connectivity index (χ0v) is 24.7. The van der Waals surface area contributed by atoms with Gasteiger partial charge in [0.05, 0.1) is 0 Å². The maximum Gasteiger partial charge on any atom is 0.408 e. The van der Waals surface area contributed by atoms with Crippen LogP contribution in [0.15, 0.2) is 18.2 Å². The number of rotatable bonds is 13. The van der Waals surface area contributed by atoms with E-state index in [9.17, 15) is 19.2 Å². The lowest BCUT2D eigenvalue weighted by molar-refractivity contribution is -0.149. The van der Waals surface area contributed by atoms with E-state index in [1.165, 1.54) is 0 Å². The number of benzene rings is 1. The fraction of sp³-hybridized carbons (Fsp3) is 0.655. The third-order valence-electron chi connectivity index (χ3n) is 6.57. The van der Waals surface area contributed by atoms with E-state index in [4.69, 9.17) is 10.5 Å². The molecule has 1 rings (SSSR count). The summed E-state index contributed by atoms with van der Waals surface area (Å²) >= 11 is 0. The summed E-state index contributed by atoms with van der Waals surface area (Å²) in [6, 6.07) is 3.67. The largest absolute Gasteiger partial charge is 0.444 e. The summed E-state index contributed by atoms with van der Waals surface area (Å²) < 4.78 is 5.40. The molecule has 1 aromatic carbocycles. The molecule has 2 atom stereocenters. The van der Waals surface area contributed by atoms with E-state index < -0.39 is 41.1 Å². The number of ether oxygens (including phenoxy) is 1. The fourth-order valence-corrected chi connectivity index (χ4v) is 4.23. The highest BCUT2D eigenvalue weighted by molar-refractivity contribution is 5.93. The molecule has 0 aliphatic rings. The summed E-state index contributed by atoms with van der Waals surface area (Å²) in [6.45, 7) is 17.2. The van der Waals surface area contributed by atoms with E-state index in [-0.39, 0.29) is 18.7 Å². The van der Waals surface area contributed by atoms with Gasteiger partial charge in [-0.2, -0.15) is 0 Å². The molecule has 9 nitrogen and oxygen atoms in total. The van der Waals surface area contributed by atoms with Crippen LogP contribution >= 0.6 is 0 Å². The number of hydrogen-bond donors (Lipinski definition) is 3. The third-order valence-corrected chi connectivity index (χ3v) is 6.57. The molecule has 9 heteroatoms. The number of primary amides is 1. The first-order chi connectivity index (χ1) is 17.6. The number of nitrogens with two attached hydrogens (primary N) is 1. The average Bonchev–Trinajstić information content (AvgIpc) is 2.79. The van der Waals surface area contributed by atoms with Crippen LogP contribution in [0.5, 0.6) is 0 Å². The van der Waals surface area contributed by atoms with Gasteiger partial charge in [0.15, 0.2) is 0 Å². The van der Waals surface area contributed by atoms with Crippen LogP contribution in [0, 0.1) is 13.8 Å². The van der Waals surface area contributed by atoms with Gasteiger partial charge < -0.3 is 26.0 Å². The van der Waals surface area contributed by atoms with Gasteiger partial charge in [0.2, 0.25) is 17.7 Å². The van der Waals surface area contributed by atoms with Crippen molar-refractivity contribution in [3.8, 4) is 0 Å². The SMILES string of the molecule is CCCCNC(=O)C(c1c(C)cccc1C)N(C(=O)C(CCC(N)=O)NC(=O)OC(C)(C)C)C(C)(C)CC. The van der Waals surface area contributed by atoms with Gasteiger partial charge >= 0.3 is 6.09 Å². The maximum absolute atomic E-state index is 14.4. The molecule has 1 aromatic rings. The summed E-state index contributed by atoms with van der Waals surface area (Å²) in [5, 5.41) is 5.65. The lowest BCUT2D eigenvalue weighted by atomic mass is 9.88. The van der Waals surface area contributed by atoms with E-state index in [0.29, 0.717) is 13.0 Å². The van der Waals surface area contributed by atoms with Crippen LogP contribution in [0.25, 0.3) is 0 Å². The van der Waals surface area contributed by atoms with E-state index in [1.54, 1.807) is 25.7 Å². The van der Waals surface area contributed by atoms with Gasteiger partial charge in [0, 0.05) is 18.5 Å². The summed E-state index contributed by atoms with van der Waals surface area (Å²) in [7, 11) is 0. The predicted octanol–water partition coefficient (Wildman–Crippen LogP) is 4.44. The molecule has 2 unspecified atom stereocenters. The first-order valence-corrected chi connectivity index (χ1v) is 13.5. The molecule has 38 heavy (non-hydrogen) atoms.